The fraction of sp³-hybridized carbons (Fsp3) is 0.875. The van der Waals surface area contributed by atoms with E-state index in [1.54, 1.807) is 0 Å². The maximum atomic E-state index is 12.5. The zero-order valence-electron chi connectivity index (χ0n) is 13.6. The van der Waals surface area contributed by atoms with Gasteiger partial charge in [-0.3, -0.25) is 14.5 Å². The Morgan fingerprint density at radius 1 is 1.24 bits per heavy atom. The molecule has 2 rings (SSSR count). The van der Waals surface area contributed by atoms with Gasteiger partial charge in [-0.15, -0.1) is 0 Å². The van der Waals surface area contributed by atoms with Crippen LogP contribution in [0.25, 0.3) is 0 Å². The topological polar surface area (TPSA) is 52.6 Å². The van der Waals surface area contributed by atoms with Gasteiger partial charge in [0.25, 0.3) is 0 Å². The van der Waals surface area contributed by atoms with Gasteiger partial charge < -0.3 is 10.2 Å². The van der Waals surface area contributed by atoms with E-state index in [4.69, 9.17) is 0 Å². The maximum absolute atomic E-state index is 12.5. The molecule has 5 heteroatoms. The third-order valence-corrected chi connectivity index (χ3v) is 4.61. The highest BCUT2D eigenvalue weighted by atomic mass is 16.2. The average Bonchev–Trinajstić information content (AvgIpc) is 2.63. The van der Waals surface area contributed by atoms with Gasteiger partial charge in [-0.1, -0.05) is 13.8 Å². The van der Waals surface area contributed by atoms with E-state index in [-0.39, 0.29) is 17.9 Å². The summed E-state index contributed by atoms with van der Waals surface area (Å²) < 4.78 is 0. The van der Waals surface area contributed by atoms with Crippen LogP contribution in [0.3, 0.4) is 0 Å². The number of nitrogens with one attached hydrogen (secondary N) is 1. The fourth-order valence-electron chi connectivity index (χ4n) is 3.34. The number of amides is 2. The van der Waals surface area contributed by atoms with Crippen LogP contribution in [0.1, 0.15) is 40.0 Å². The highest BCUT2D eigenvalue weighted by Crippen LogP contribution is 2.20. The van der Waals surface area contributed by atoms with Gasteiger partial charge in [0.2, 0.25) is 11.8 Å². The van der Waals surface area contributed by atoms with E-state index in [9.17, 15) is 9.59 Å². The third-order valence-electron chi connectivity index (χ3n) is 4.61. The van der Waals surface area contributed by atoms with Crippen molar-refractivity contribution < 1.29 is 9.59 Å². The zero-order chi connectivity index (χ0) is 15.4. The standard InChI is InChI=1S/C16H29N3O2/c1-12(2)10-19-9-8-18(13(3)16(19)21)11-14-4-5-15(20)17-7-6-14/h12-14H,4-11H2,1-3H3,(H,17,20). The fourth-order valence-corrected chi connectivity index (χ4v) is 3.34. The van der Waals surface area contributed by atoms with Gasteiger partial charge in [0, 0.05) is 39.1 Å². The van der Waals surface area contributed by atoms with Gasteiger partial charge in [-0.2, -0.15) is 0 Å². The summed E-state index contributed by atoms with van der Waals surface area (Å²) in [6.45, 7) is 10.7. The van der Waals surface area contributed by atoms with Crippen molar-refractivity contribution in [1.82, 2.24) is 15.1 Å². The molecule has 0 aromatic rings. The lowest BCUT2D eigenvalue weighted by Crippen LogP contribution is -2.57. The largest absolute Gasteiger partial charge is 0.356 e. The van der Waals surface area contributed by atoms with Crippen LogP contribution in [0, 0.1) is 11.8 Å². The second-order valence-corrected chi connectivity index (χ2v) is 6.89. The van der Waals surface area contributed by atoms with E-state index in [0.29, 0.717) is 18.3 Å². The average molecular weight is 295 g/mol. The van der Waals surface area contributed by atoms with Crippen LogP contribution in [0.15, 0.2) is 0 Å². The number of piperazine rings is 1. The summed E-state index contributed by atoms with van der Waals surface area (Å²) in [5.74, 6) is 1.48. The van der Waals surface area contributed by atoms with Crippen molar-refractivity contribution in [1.29, 1.82) is 0 Å². The minimum atomic E-state index is -0.0237. The van der Waals surface area contributed by atoms with Crippen LogP contribution in [0.4, 0.5) is 0 Å². The lowest BCUT2D eigenvalue weighted by molar-refractivity contribution is -0.142. The highest BCUT2D eigenvalue weighted by molar-refractivity contribution is 5.82. The third kappa shape index (κ3) is 4.43. The molecule has 1 N–H and O–H groups in total. The number of hydrogen-bond donors (Lipinski definition) is 1. The van der Waals surface area contributed by atoms with Gasteiger partial charge in [0.15, 0.2) is 0 Å². The first-order valence-corrected chi connectivity index (χ1v) is 8.27. The van der Waals surface area contributed by atoms with Gasteiger partial charge >= 0.3 is 0 Å². The monoisotopic (exact) mass is 295 g/mol. The molecule has 2 heterocycles. The van der Waals surface area contributed by atoms with E-state index in [2.05, 4.69) is 24.1 Å². The number of carbonyl (C=O) groups excluding carboxylic acids is 2. The van der Waals surface area contributed by atoms with E-state index >= 15 is 0 Å². The summed E-state index contributed by atoms with van der Waals surface area (Å²) >= 11 is 0. The van der Waals surface area contributed by atoms with Crippen LogP contribution in [0.5, 0.6) is 0 Å². The van der Waals surface area contributed by atoms with Gasteiger partial charge in [0.05, 0.1) is 6.04 Å². The molecule has 5 nitrogen and oxygen atoms in total. The molecule has 2 amide bonds. The molecule has 2 fully saturated rings. The molecule has 2 saturated heterocycles. The molecular weight excluding hydrogens is 266 g/mol. The summed E-state index contributed by atoms with van der Waals surface area (Å²) in [7, 11) is 0. The minimum absolute atomic E-state index is 0.0237. The lowest BCUT2D eigenvalue weighted by atomic mass is 9.98. The molecule has 2 atom stereocenters. The molecule has 0 aliphatic carbocycles. The molecule has 2 aliphatic heterocycles. The second-order valence-electron chi connectivity index (χ2n) is 6.89. The Labute approximate surface area is 128 Å². The molecule has 0 spiro atoms. The Morgan fingerprint density at radius 2 is 2.00 bits per heavy atom. The van der Waals surface area contributed by atoms with Crippen molar-refractivity contribution in [2.24, 2.45) is 11.8 Å². The second kappa shape index (κ2) is 7.25. The maximum Gasteiger partial charge on any atom is 0.239 e. The van der Waals surface area contributed by atoms with Crippen molar-refractivity contribution in [3.8, 4) is 0 Å². The van der Waals surface area contributed by atoms with E-state index in [1.165, 1.54) is 0 Å². The van der Waals surface area contributed by atoms with Crippen molar-refractivity contribution in [2.45, 2.75) is 46.1 Å². The Bertz CT molecular complexity index is 384. The number of carbonyl (C=O) groups is 2. The molecule has 0 saturated carbocycles. The lowest BCUT2D eigenvalue weighted by Gasteiger charge is -2.41. The first-order chi connectivity index (χ1) is 9.97. The van der Waals surface area contributed by atoms with E-state index in [0.717, 1.165) is 45.6 Å². The Kier molecular flexibility index (Phi) is 5.62. The summed E-state index contributed by atoms with van der Waals surface area (Å²) in [6, 6.07) is -0.0237. The molecule has 0 bridgehead atoms. The number of hydrogen-bond acceptors (Lipinski definition) is 3. The molecule has 0 aromatic carbocycles. The van der Waals surface area contributed by atoms with Crippen molar-refractivity contribution in [2.75, 3.05) is 32.7 Å². The molecule has 0 radical (unpaired) electrons. The van der Waals surface area contributed by atoms with Crippen molar-refractivity contribution in [3.63, 3.8) is 0 Å². The van der Waals surface area contributed by atoms with Gasteiger partial charge in [-0.05, 0) is 31.6 Å². The summed E-state index contributed by atoms with van der Waals surface area (Å²) in [4.78, 5) is 28.2. The summed E-state index contributed by atoms with van der Waals surface area (Å²) in [6.07, 6.45) is 2.60. The van der Waals surface area contributed by atoms with Crippen molar-refractivity contribution >= 4 is 11.8 Å². The van der Waals surface area contributed by atoms with Crippen LogP contribution >= 0.6 is 0 Å². The van der Waals surface area contributed by atoms with Crippen molar-refractivity contribution in [3.05, 3.63) is 0 Å². The minimum Gasteiger partial charge on any atom is -0.356 e. The zero-order valence-corrected chi connectivity index (χ0v) is 13.6. The smallest absolute Gasteiger partial charge is 0.239 e. The van der Waals surface area contributed by atoms with E-state index < -0.39 is 0 Å². The first-order valence-electron chi connectivity index (χ1n) is 8.27. The van der Waals surface area contributed by atoms with Gasteiger partial charge in [-0.25, -0.2) is 0 Å². The Hall–Kier alpha value is -1.10. The quantitative estimate of drug-likeness (QED) is 0.845. The molecule has 2 aliphatic rings. The summed E-state index contributed by atoms with van der Waals surface area (Å²) in [5, 5.41) is 2.93. The number of rotatable bonds is 4. The van der Waals surface area contributed by atoms with Gasteiger partial charge in [0.1, 0.15) is 0 Å². The first kappa shape index (κ1) is 16.3. The van der Waals surface area contributed by atoms with E-state index in [1.807, 2.05) is 11.8 Å². The predicted octanol–water partition coefficient (Wildman–Crippen LogP) is 1.09. The molecule has 0 aromatic heterocycles. The molecule has 120 valence electrons. The SMILES string of the molecule is CC(C)CN1CCN(CC2CCNC(=O)CC2)C(C)C1=O. The van der Waals surface area contributed by atoms with Crippen LogP contribution in [-0.2, 0) is 9.59 Å². The number of nitrogens with zero attached hydrogens (tertiary/aromatic N) is 2. The van der Waals surface area contributed by atoms with Crippen LogP contribution in [-0.4, -0.2) is 60.4 Å². The van der Waals surface area contributed by atoms with Crippen LogP contribution in [0.2, 0.25) is 0 Å². The summed E-state index contributed by atoms with van der Waals surface area (Å²) in [5.41, 5.74) is 0. The molecule has 21 heavy (non-hydrogen) atoms. The predicted molar refractivity (Wildman–Crippen MR) is 82.8 cm³/mol. The molecular formula is C16H29N3O2. The van der Waals surface area contributed by atoms with Crippen LogP contribution < -0.4 is 5.32 Å². The normalized spacial score (nSPS) is 28.7. The highest BCUT2D eigenvalue weighted by Gasteiger charge is 2.32. The Balaban J connectivity index is 1.87. The Morgan fingerprint density at radius 3 is 2.71 bits per heavy atom. The molecule has 2 unspecified atom stereocenters.